The molecule has 19 heavy (non-hydrogen) atoms. The molecule has 0 aromatic heterocycles. The second-order valence-corrected chi connectivity index (χ2v) is 6.62. The average Bonchev–Trinajstić information content (AvgIpc) is 2.39. The van der Waals surface area contributed by atoms with Gasteiger partial charge in [-0.3, -0.25) is 0 Å². The minimum Gasteiger partial charge on any atom is -0.207 e. The van der Waals surface area contributed by atoms with Crippen molar-refractivity contribution in [2.24, 2.45) is 0 Å². The third-order valence-electron chi connectivity index (χ3n) is 3.15. The molecule has 0 aliphatic rings. The Hall–Kier alpha value is -1.38. The van der Waals surface area contributed by atoms with Crippen molar-refractivity contribution in [2.45, 2.75) is 44.0 Å². The molecule has 0 aliphatic carbocycles. The summed E-state index contributed by atoms with van der Waals surface area (Å²) in [5.41, 5.74) is 1.13. The van der Waals surface area contributed by atoms with Crippen LogP contribution in [0.1, 0.15) is 32.3 Å². The molecule has 1 unspecified atom stereocenters. The van der Waals surface area contributed by atoms with Crippen LogP contribution in [-0.4, -0.2) is 25.8 Å². The lowest BCUT2D eigenvalue weighted by molar-refractivity contribution is 0.393. The van der Waals surface area contributed by atoms with Gasteiger partial charge in [-0.15, -0.1) is 0 Å². The highest BCUT2D eigenvalue weighted by molar-refractivity contribution is 7.89. The van der Waals surface area contributed by atoms with E-state index in [2.05, 4.69) is 6.92 Å². The van der Waals surface area contributed by atoms with Crippen molar-refractivity contribution in [2.75, 3.05) is 7.05 Å². The second kappa shape index (κ2) is 6.69. The number of hydrogen-bond donors (Lipinski definition) is 0. The van der Waals surface area contributed by atoms with E-state index in [1.54, 1.807) is 19.1 Å². The Kier molecular flexibility index (Phi) is 5.52. The van der Waals surface area contributed by atoms with Crippen LogP contribution in [0.2, 0.25) is 0 Å². The number of nitrogens with zero attached hydrogens (tertiary/aromatic N) is 2. The smallest absolute Gasteiger partial charge is 0.207 e. The normalized spacial score (nSPS) is 13.2. The molecule has 1 atom stereocenters. The fourth-order valence-electron chi connectivity index (χ4n) is 1.78. The largest absolute Gasteiger partial charge is 0.243 e. The first-order valence-corrected chi connectivity index (χ1v) is 7.81. The number of aryl methyl sites for hydroxylation is 1. The molecule has 5 heteroatoms. The van der Waals surface area contributed by atoms with E-state index in [4.69, 9.17) is 5.26 Å². The number of rotatable bonds is 6. The van der Waals surface area contributed by atoms with E-state index >= 15 is 0 Å². The zero-order valence-electron chi connectivity index (χ0n) is 11.6. The zero-order chi connectivity index (χ0) is 14.5. The quantitative estimate of drug-likeness (QED) is 0.804. The van der Waals surface area contributed by atoms with E-state index in [1.165, 1.54) is 11.4 Å². The van der Waals surface area contributed by atoms with Crippen LogP contribution in [0.25, 0.3) is 0 Å². The lowest BCUT2D eigenvalue weighted by Gasteiger charge is -2.22. The summed E-state index contributed by atoms with van der Waals surface area (Å²) in [6.45, 7) is 3.81. The molecular formula is C14H20N2O2S. The average molecular weight is 280 g/mol. The topological polar surface area (TPSA) is 61.2 Å². The van der Waals surface area contributed by atoms with Gasteiger partial charge in [0.25, 0.3) is 0 Å². The van der Waals surface area contributed by atoms with Gasteiger partial charge in [0.1, 0.15) is 0 Å². The van der Waals surface area contributed by atoms with E-state index in [-0.39, 0.29) is 17.4 Å². The first-order valence-electron chi connectivity index (χ1n) is 6.37. The van der Waals surface area contributed by atoms with Gasteiger partial charge in [-0.2, -0.15) is 9.57 Å². The Morgan fingerprint density at radius 1 is 1.32 bits per heavy atom. The van der Waals surface area contributed by atoms with Gasteiger partial charge in [-0.25, -0.2) is 8.42 Å². The summed E-state index contributed by atoms with van der Waals surface area (Å²) < 4.78 is 25.9. The van der Waals surface area contributed by atoms with E-state index in [0.29, 0.717) is 0 Å². The molecule has 0 N–H and O–H groups in total. The van der Waals surface area contributed by atoms with Crippen LogP contribution in [0.5, 0.6) is 0 Å². The Labute approximate surface area is 115 Å². The van der Waals surface area contributed by atoms with E-state index in [9.17, 15) is 8.42 Å². The Morgan fingerprint density at radius 3 is 2.37 bits per heavy atom. The van der Waals surface area contributed by atoms with E-state index < -0.39 is 10.0 Å². The third-order valence-corrected chi connectivity index (χ3v) is 5.13. The lowest BCUT2D eigenvalue weighted by Crippen LogP contribution is -2.34. The monoisotopic (exact) mass is 280 g/mol. The minimum absolute atomic E-state index is 0.184. The molecule has 0 spiro atoms. The summed E-state index contributed by atoms with van der Waals surface area (Å²) >= 11 is 0. The molecule has 1 aromatic carbocycles. The standard InChI is InChI=1S/C14H20N2O2S/c1-4-5-13-6-8-14(9-7-13)19(17,18)16(3)12(2)10-11-15/h6-9,12H,4-5,10H2,1-3H3. The molecule has 1 aromatic rings. The van der Waals surface area contributed by atoms with E-state index in [0.717, 1.165) is 18.4 Å². The fourth-order valence-corrected chi connectivity index (χ4v) is 3.14. The van der Waals surface area contributed by atoms with Gasteiger partial charge in [0, 0.05) is 13.1 Å². The van der Waals surface area contributed by atoms with Crippen molar-refractivity contribution < 1.29 is 8.42 Å². The number of benzene rings is 1. The highest BCUT2D eigenvalue weighted by Gasteiger charge is 2.24. The predicted octanol–water partition coefficient (Wildman–Crippen LogP) is 2.56. The van der Waals surface area contributed by atoms with Crippen molar-refractivity contribution in [1.82, 2.24) is 4.31 Å². The van der Waals surface area contributed by atoms with Crippen LogP contribution in [0.3, 0.4) is 0 Å². The van der Waals surface area contributed by atoms with E-state index in [1.807, 2.05) is 18.2 Å². The van der Waals surface area contributed by atoms with Crippen LogP contribution >= 0.6 is 0 Å². The maximum atomic E-state index is 12.3. The summed E-state index contributed by atoms with van der Waals surface area (Å²) in [4.78, 5) is 0.277. The summed E-state index contributed by atoms with van der Waals surface area (Å²) in [5.74, 6) is 0. The highest BCUT2D eigenvalue weighted by atomic mass is 32.2. The van der Waals surface area contributed by atoms with Crippen LogP contribution in [0.15, 0.2) is 29.2 Å². The summed E-state index contributed by atoms with van der Waals surface area (Å²) in [5, 5.41) is 8.65. The fraction of sp³-hybridized carbons (Fsp3) is 0.500. The molecule has 0 radical (unpaired) electrons. The maximum absolute atomic E-state index is 12.3. The Bertz CT molecular complexity index is 544. The molecule has 4 nitrogen and oxygen atoms in total. The number of hydrogen-bond acceptors (Lipinski definition) is 3. The molecule has 1 rings (SSSR count). The van der Waals surface area contributed by atoms with Crippen LogP contribution in [-0.2, 0) is 16.4 Å². The molecule has 104 valence electrons. The van der Waals surface area contributed by atoms with Gasteiger partial charge in [0.05, 0.1) is 17.4 Å². The minimum atomic E-state index is -3.51. The molecule has 0 aliphatic heterocycles. The maximum Gasteiger partial charge on any atom is 0.243 e. The molecule has 0 bridgehead atoms. The van der Waals surface area contributed by atoms with Gasteiger partial charge < -0.3 is 0 Å². The van der Waals surface area contributed by atoms with Gasteiger partial charge in [0.2, 0.25) is 10.0 Å². The Morgan fingerprint density at radius 2 is 1.89 bits per heavy atom. The SMILES string of the molecule is CCCc1ccc(S(=O)(=O)N(C)C(C)CC#N)cc1. The first kappa shape index (κ1) is 15.7. The highest BCUT2D eigenvalue weighted by Crippen LogP contribution is 2.18. The van der Waals surface area contributed by atoms with Crippen molar-refractivity contribution in [3.63, 3.8) is 0 Å². The molecule has 0 amide bonds. The Balaban J connectivity index is 2.97. The van der Waals surface area contributed by atoms with Gasteiger partial charge in [0.15, 0.2) is 0 Å². The van der Waals surface area contributed by atoms with Gasteiger partial charge in [-0.1, -0.05) is 25.5 Å². The summed E-state index contributed by atoms with van der Waals surface area (Å²) in [6, 6.07) is 8.63. The molecule has 0 fully saturated rings. The lowest BCUT2D eigenvalue weighted by atomic mass is 10.1. The molecule has 0 heterocycles. The van der Waals surface area contributed by atoms with Gasteiger partial charge in [-0.05, 0) is 31.0 Å². The number of sulfonamides is 1. The molecular weight excluding hydrogens is 260 g/mol. The van der Waals surface area contributed by atoms with Gasteiger partial charge >= 0.3 is 0 Å². The summed E-state index contributed by atoms with van der Waals surface area (Å²) in [7, 11) is -2.00. The summed E-state index contributed by atoms with van der Waals surface area (Å²) in [6.07, 6.45) is 2.16. The number of nitriles is 1. The predicted molar refractivity (Wildman–Crippen MR) is 75.1 cm³/mol. The van der Waals surface area contributed by atoms with Crippen molar-refractivity contribution in [1.29, 1.82) is 5.26 Å². The zero-order valence-corrected chi connectivity index (χ0v) is 12.4. The molecule has 0 saturated heterocycles. The van der Waals surface area contributed by atoms with Crippen LogP contribution in [0, 0.1) is 11.3 Å². The van der Waals surface area contributed by atoms with Crippen molar-refractivity contribution in [3.8, 4) is 6.07 Å². The van der Waals surface area contributed by atoms with Crippen LogP contribution in [0.4, 0.5) is 0 Å². The van der Waals surface area contributed by atoms with Crippen molar-refractivity contribution in [3.05, 3.63) is 29.8 Å². The first-order chi connectivity index (χ1) is 8.93. The van der Waals surface area contributed by atoms with Crippen LogP contribution < -0.4 is 0 Å². The third kappa shape index (κ3) is 3.79. The second-order valence-electron chi connectivity index (χ2n) is 4.63. The van der Waals surface area contributed by atoms with Crippen molar-refractivity contribution >= 4 is 10.0 Å². The molecule has 0 saturated carbocycles.